The minimum absolute atomic E-state index is 0. The van der Waals surface area contributed by atoms with Gasteiger partial charge in [-0.1, -0.05) is 13.8 Å². The van der Waals surface area contributed by atoms with Crippen LogP contribution in [0.4, 0.5) is 0 Å². The van der Waals surface area contributed by atoms with Gasteiger partial charge in [-0.3, -0.25) is 14.8 Å². The van der Waals surface area contributed by atoms with E-state index in [-0.39, 0.29) is 23.9 Å². The van der Waals surface area contributed by atoms with Gasteiger partial charge in [0.1, 0.15) is 0 Å². The molecule has 0 saturated carbocycles. The lowest BCUT2D eigenvalue weighted by Gasteiger charge is -2.45. The Labute approximate surface area is 156 Å². The normalized spacial score (nSPS) is 24.3. The molecule has 1 fully saturated rings. The van der Waals surface area contributed by atoms with Gasteiger partial charge in [0.2, 0.25) is 0 Å². The molecule has 0 bridgehead atoms. The Morgan fingerprint density at radius 1 is 1.32 bits per heavy atom. The molecule has 2 aliphatic heterocycles. The number of carbonyl (C=O) groups excluding carboxylic acids is 1. The monoisotopic (exact) mass is 369 g/mol. The van der Waals surface area contributed by atoms with E-state index in [2.05, 4.69) is 53.4 Å². The van der Waals surface area contributed by atoms with E-state index >= 15 is 0 Å². The number of fused-ring (bicyclic) bond motifs is 1. The van der Waals surface area contributed by atoms with Crippen LogP contribution in [0.2, 0.25) is 0 Å². The maximum absolute atomic E-state index is 12.6. The molecule has 3 heterocycles. The van der Waals surface area contributed by atoms with Crippen molar-refractivity contribution >= 4 is 18.3 Å². The molecule has 1 aromatic rings. The second-order valence-electron chi connectivity index (χ2n) is 8.30. The van der Waals surface area contributed by atoms with Crippen LogP contribution >= 0.6 is 12.4 Å². The van der Waals surface area contributed by atoms with E-state index in [1.54, 1.807) is 0 Å². The molecule has 2 unspecified atom stereocenters. The van der Waals surface area contributed by atoms with E-state index in [0.29, 0.717) is 24.1 Å². The first-order chi connectivity index (χ1) is 11.4. The fraction of sp³-hybridized carbons (Fsp3) is 0.778. The molecule has 0 aromatic carbocycles. The number of halogens is 1. The highest BCUT2D eigenvalue weighted by molar-refractivity contribution is 5.94. The Bertz CT molecular complexity index is 590. The van der Waals surface area contributed by atoms with Crippen LogP contribution in [0.5, 0.6) is 0 Å². The van der Waals surface area contributed by atoms with Gasteiger partial charge in [-0.05, 0) is 32.1 Å². The zero-order valence-corrected chi connectivity index (χ0v) is 16.6. The van der Waals surface area contributed by atoms with Crippen molar-refractivity contribution in [2.45, 2.75) is 52.6 Å². The average Bonchev–Trinajstić information content (AvgIpc) is 2.96. The number of hydrogen-bond acceptors (Lipinski definition) is 4. The van der Waals surface area contributed by atoms with E-state index in [4.69, 9.17) is 0 Å². The maximum atomic E-state index is 12.6. The van der Waals surface area contributed by atoms with E-state index in [9.17, 15) is 4.79 Å². The van der Waals surface area contributed by atoms with Gasteiger partial charge in [0.05, 0.1) is 0 Å². The third-order valence-corrected chi connectivity index (χ3v) is 5.43. The zero-order valence-electron chi connectivity index (χ0n) is 15.8. The Kier molecular flexibility index (Phi) is 6.51. The molecule has 142 valence electrons. The van der Waals surface area contributed by atoms with Gasteiger partial charge in [-0.15, -0.1) is 12.4 Å². The molecular weight excluding hydrogens is 338 g/mol. The predicted molar refractivity (Wildman–Crippen MR) is 102 cm³/mol. The molecule has 3 rings (SSSR count). The van der Waals surface area contributed by atoms with Gasteiger partial charge in [0.25, 0.3) is 5.91 Å². The first-order valence-corrected chi connectivity index (χ1v) is 9.17. The number of carbonyl (C=O) groups is 1. The Morgan fingerprint density at radius 2 is 2.00 bits per heavy atom. The third kappa shape index (κ3) is 4.54. The van der Waals surface area contributed by atoms with Crippen LogP contribution in [0, 0.1) is 11.8 Å². The van der Waals surface area contributed by atoms with Crippen molar-refractivity contribution in [3.05, 3.63) is 17.0 Å². The number of likely N-dealkylation sites (tertiary alicyclic amines) is 1. The Hall–Kier alpha value is -1.11. The van der Waals surface area contributed by atoms with Crippen molar-refractivity contribution in [3.8, 4) is 0 Å². The van der Waals surface area contributed by atoms with Crippen LogP contribution in [-0.2, 0) is 13.0 Å². The number of aromatic nitrogens is 2. The summed E-state index contributed by atoms with van der Waals surface area (Å²) in [6.07, 6.45) is 2.20. The minimum Gasteiger partial charge on any atom is -0.349 e. The number of piperidine rings is 1. The smallest absolute Gasteiger partial charge is 0.272 e. The van der Waals surface area contributed by atoms with E-state index in [1.165, 1.54) is 6.42 Å². The molecule has 1 amide bonds. The van der Waals surface area contributed by atoms with Crippen LogP contribution < -0.4 is 10.6 Å². The minimum atomic E-state index is -0.0672. The lowest BCUT2D eigenvalue weighted by atomic mass is 9.88. The van der Waals surface area contributed by atoms with Crippen molar-refractivity contribution in [2.75, 3.05) is 26.2 Å². The largest absolute Gasteiger partial charge is 0.349 e. The van der Waals surface area contributed by atoms with E-state index < -0.39 is 0 Å². The Morgan fingerprint density at radius 3 is 2.68 bits per heavy atom. The van der Waals surface area contributed by atoms with Gasteiger partial charge in [0.15, 0.2) is 5.69 Å². The van der Waals surface area contributed by atoms with Crippen LogP contribution in [0.3, 0.4) is 0 Å². The summed E-state index contributed by atoms with van der Waals surface area (Å²) in [5.41, 5.74) is 2.62. The van der Waals surface area contributed by atoms with E-state index in [0.717, 1.165) is 43.9 Å². The molecule has 0 aliphatic carbocycles. The summed E-state index contributed by atoms with van der Waals surface area (Å²) < 4.78 is 0. The van der Waals surface area contributed by atoms with Crippen LogP contribution in [0.1, 0.15) is 55.9 Å². The molecule has 1 aromatic heterocycles. The summed E-state index contributed by atoms with van der Waals surface area (Å²) in [6, 6.07) is 0. The molecule has 3 N–H and O–H groups in total. The molecule has 0 spiro atoms. The van der Waals surface area contributed by atoms with Crippen LogP contribution in [-0.4, -0.2) is 52.7 Å². The summed E-state index contributed by atoms with van der Waals surface area (Å²) in [7, 11) is 0. The highest BCUT2D eigenvalue weighted by Crippen LogP contribution is 2.27. The fourth-order valence-electron chi connectivity index (χ4n) is 4.06. The molecule has 25 heavy (non-hydrogen) atoms. The molecule has 7 heteroatoms. The maximum Gasteiger partial charge on any atom is 0.272 e. The first-order valence-electron chi connectivity index (χ1n) is 9.17. The molecule has 0 radical (unpaired) electrons. The summed E-state index contributed by atoms with van der Waals surface area (Å²) in [5.74, 6) is 1.36. The van der Waals surface area contributed by atoms with Gasteiger partial charge in [-0.25, -0.2) is 0 Å². The molecule has 1 saturated heterocycles. The lowest BCUT2D eigenvalue weighted by molar-refractivity contribution is 0.0444. The standard InChI is InChI=1S/C18H31N5O.ClH/c1-12-7-13(2)10-23(9-12)18(3,4)11-20-17(24)16-14-8-19-6-5-15(14)21-22-16;/h12-13,19H,5-11H2,1-4H3,(H,20,24)(H,21,22);1H. The topological polar surface area (TPSA) is 73.0 Å². The Balaban J connectivity index is 0.00000225. The number of amides is 1. The lowest BCUT2D eigenvalue weighted by Crippen LogP contribution is -2.56. The highest BCUT2D eigenvalue weighted by atomic mass is 35.5. The highest BCUT2D eigenvalue weighted by Gasteiger charge is 2.33. The zero-order chi connectivity index (χ0) is 17.3. The van der Waals surface area contributed by atoms with Crippen LogP contribution in [0.15, 0.2) is 0 Å². The molecular formula is C18H32ClN5O. The summed E-state index contributed by atoms with van der Waals surface area (Å²) in [6.45, 7) is 13.6. The van der Waals surface area contributed by atoms with Crippen molar-refractivity contribution in [1.29, 1.82) is 0 Å². The first kappa shape index (κ1) is 20.2. The van der Waals surface area contributed by atoms with E-state index in [1.807, 2.05) is 0 Å². The van der Waals surface area contributed by atoms with Crippen molar-refractivity contribution in [2.24, 2.45) is 11.8 Å². The van der Waals surface area contributed by atoms with Crippen LogP contribution in [0.25, 0.3) is 0 Å². The molecule has 2 aliphatic rings. The van der Waals surface area contributed by atoms with Gasteiger partial charge in [-0.2, -0.15) is 5.10 Å². The molecule has 2 atom stereocenters. The second kappa shape index (κ2) is 8.06. The van der Waals surface area contributed by atoms with Crippen molar-refractivity contribution in [1.82, 2.24) is 25.7 Å². The van der Waals surface area contributed by atoms with Gasteiger partial charge < -0.3 is 10.6 Å². The third-order valence-electron chi connectivity index (χ3n) is 5.43. The number of nitrogens with one attached hydrogen (secondary N) is 3. The van der Waals surface area contributed by atoms with Gasteiger partial charge in [0, 0.05) is 55.9 Å². The summed E-state index contributed by atoms with van der Waals surface area (Å²) >= 11 is 0. The van der Waals surface area contributed by atoms with Crippen molar-refractivity contribution < 1.29 is 4.79 Å². The molecule has 6 nitrogen and oxygen atoms in total. The number of aromatic amines is 1. The fourth-order valence-corrected chi connectivity index (χ4v) is 4.06. The number of nitrogens with zero attached hydrogens (tertiary/aromatic N) is 2. The second-order valence-corrected chi connectivity index (χ2v) is 8.30. The number of hydrogen-bond donors (Lipinski definition) is 3. The van der Waals surface area contributed by atoms with Crippen molar-refractivity contribution in [3.63, 3.8) is 0 Å². The SMILES string of the molecule is CC1CC(C)CN(C(C)(C)CNC(=O)c2n[nH]c3c2CNCC3)C1.Cl. The summed E-state index contributed by atoms with van der Waals surface area (Å²) in [5, 5.41) is 13.7. The predicted octanol–water partition coefficient (Wildman–Crippen LogP) is 1.96. The summed E-state index contributed by atoms with van der Waals surface area (Å²) in [4.78, 5) is 15.1. The number of rotatable bonds is 4. The average molecular weight is 370 g/mol. The number of H-pyrrole nitrogens is 1. The quantitative estimate of drug-likeness (QED) is 0.758. The van der Waals surface area contributed by atoms with Gasteiger partial charge >= 0.3 is 0 Å².